The molecule has 0 unspecified atom stereocenters. The van der Waals surface area contributed by atoms with Gasteiger partial charge in [0.15, 0.2) is 0 Å². The minimum atomic E-state index is 0.134. The second kappa shape index (κ2) is 8.68. The highest BCUT2D eigenvalue weighted by atomic mass is 16.4. The lowest BCUT2D eigenvalue weighted by atomic mass is 9.47. The van der Waals surface area contributed by atoms with E-state index in [1.54, 1.807) is 0 Å². The van der Waals surface area contributed by atoms with E-state index in [0.29, 0.717) is 5.41 Å². The van der Waals surface area contributed by atoms with E-state index in [-0.39, 0.29) is 5.41 Å². The largest absolute Gasteiger partial charge is 0.411 e. The molecule has 0 spiro atoms. The molecule has 7 atom stereocenters. The third-order valence-corrected chi connectivity index (χ3v) is 9.72. The molecule has 2 nitrogen and oxygen atoms in total. The van der Waals surface area contributed by atoms with Gasteiger partial charge in [-0.25, -0.2) is 0 Å². The van der Waals surface area contributed by atoms with Crippen LogP contribution in [-0.2, 0) is 0 Å². The molecule has 3 rings (SSSR count). The standard InChI is InChI=1S/C26H47NO/c1-7-16-26(6)23-15-17-25(5)21(19(4)10-8-9-18(2)3)12-13-22(25)20(23)11-14-24(26)27-28/h18-23,28H,7-17H2,1-6H3/b27-24+/t19-,20+,21-,22+,23+,25-,26-/m1/s1. The summed E-state index contributed by atoms with van der Waals surface area (Å²) in [5, 5.41) is 13.5. The van der Waals surface area contributed by atoms with Crippen molar-refractivity contribution >= 4 is 5.71 Å². The maximum atomic E-state index is 9.71. The summed E-state index contributed by atoms with van der Waals surface area (Å²) in [5.74, 6) is 5.14. The van der Waals surface area contributed by atoms with Crippen LogP contribution in [-0.4, -0.2) is 10.9 Å². The summed E-state index contributed by atoms with van der Waals surface area (Å²) < 4.78 is 0. The van der Waals surface area contributed by atoms with Crippen LogP contribution in [0.4, 0.5) is 0 Å². The maximum absolute atomic E-state index is 9.71. The summed E-state index contributed by atoms with van der Waals surface area (Å²) in [6.07, 6.45) is 14.5. The highest BCUT2D eigenvalue weighted by Crippen LogP contribution is 2.66. The number of rotatable bonds is 7. The van der Waals surface area contributed by atoms with Gasteiger partial charge >= 0.3 is 0 Å². The molecule has 0 aromatic rings. The third kappa shape index (κ3) is 3.79. The number of hydrogen-bond donors (Lipinski definition) is 1. The molecule has 0 amide bonds. The van der Waals surface area contributed by atoms with Crippen LogP contribution >= 0.6 is 0 Å². The smallest absolute Gasteiger partial charge is 0.0632 e. The number of fused-ring (bicyclic) bond motifs is 3. The summed E-state index contributed by atoms with van der Waals surface area (Å²) in [4.78, 5) is 0. The van der Waals surface area contributed by atoms with Crippen LogP contribution in [0.3, 0.4) is 0 Å². The van der Waals surface area contributed by atoms with Crippen LogP contribution in [0.25, 0.3) is 0 Å². The summed E-state index contributed by atoms with van der Waals surface area (Å²) >= 11 is 0. The van der Waals surface area contributed by atoms with E-state index in [2.05, 4.69) is 46.7 Å². The monoisotopic (exact) mass is 389 g/mol. The van der Waals surface area contributed by atoms with Gasteiger partial charge < -0.3 is 5.21 Å². The molecule has 0 saturated heterocycles. The molecule has 3 saturated carbocycles. The van der Waals surface area contributed by atoms with Crippen molar-refractivity contribution in [1.82, 2.24) is 0 Å². The number of nitrogens with zero attached hydrogens (tertiary/aromatic N) is 1. The Hall–Kier alpha value is -0.530. The summed E-state index contributed by atoms with van der Waals surface area (Å²) in [7, 11) is 0. The van der Waals surface area contributed by atoms with Crippen molar-refractivity contribution in [2.24, 2.45) is 51.5 Å². The first kappa shape index (κ1) is 22.2. The Labute approximate surface area is 174 Å². The van der Waals surface area contributed by atoms with E-state index < -0.39 is 0 Å². The Morgan fingerprint density at radius 1 is 1.04 bits per heavy atom. The second-order valence-electron chi connectivity index (χ2n) is 11.7. The topological polar surface area (TPSA) is 32.6 Å². The van der Waals surface area contributed by atoms with Gasteiger partial charge in [0.25, 0.3) is 0 Å². The first-order valence-corrected chi connectivity index (χ1v) is 12.5. The number of oxime groups is 1. The van der Waals surface area contributed by atoms with Crippen molar-refractivity contribution in [2.45, 2.75) is 112 Å². The van der Waals surface area contributed by atoms with Gasteiger partial charge in [-0.15, -0.1) is 0 Å². The van der Waals surface area contributed by atoms with Gasteiger partial charge in [-0.05, 0) is 85.9 Å². The fourth-order valence-electron chi connectivity index (χ4n) is 8.32. The van der Waals surface area contributed by atoms with E-state index in [1.165, 1.54) is 64.2 Å². The zero-order chi connectivity index (χ0) is 20.5. The lowest BCUT2D eigenvalue weighted by Crippen LogP contribution is -2.52. The second-order valence-corrected chi connectivity index (χ2v) is 11.7. The Balaban J connectivity index is 1.75. The van der Waals surface area contributed by atoms with Gasteiger partial charge in [-0.1, -0.05) is 72.4 Å². The molecule has 0 aromatic carbocycles. The van der Waals surface area contributed by atoms with Crippen LogP contribution < -0.4 is 0 Å². The fraction of sp³-hybridized carbons (Fsp3) is 0.962. The van der Waals surface area contributed by atoms with Crippen LogP contribution in [0.1, 0.15) is 112 Å². The molecule has 3 aliphatic carbocycles. The van der Waals surface area contributed by atoms with E-state index >= 15 is 0 Å². The van der Waals surface area contributed by atoms with Crippen LogP contribution in [0.2, 0.25) is 0 Å². The predicted octanol–water partition coefficient (Wildman–Crippen LogP) is 7.94. The van der Waals surface area contributed by atoms with Crippen LogP contribution in [0.5, 0.6) is 0 Å². The van der Waals surface area contributed by atoms with Gasteiger partial charge in [-0.2, -0.15) is 0 Å². The van der Waals surface area contributed by atoms with Gasteiger partial charge in [0, 0.05) is 5.41 Å². The van der Waals surface area contributed by atoms with Gasteiger partial charge in [0.05, 0.1) is 5.71 Å². The van der Waals surface area contributed by atoms with Crippen molar-refractivity contribution < 1.29 is 5.21 Å². The molecule has 0 bridgehead atoms. The SMILES string of the molecule is CCC[C@@]1(C)/C(=N/O)CC[C@H]2[C@@H]3CC[C@H]([C@H](C)CCCC(C)C)[C@@]3(C)CC[C@@H]21. The average Bonchev–Trinajstić information content (AvgIpc) is 2.99. The zero-order valence-electron chi connectivity index (χ0n) is 19.6. The predicted molar refractivity (Wildman–Crippen MR) is 120 cm³/mol. The van der Waals surface area contributed by atoms with Crippen LogP contribution in [0, 0.1) is 46.3 Å². The molecule has 2 heteroatoms. The van der Waals surface area contributed by atoms with E-state index in [1.807, 2.05) is 0 Å². The maximum Gasteiger partial charge on any atom is 0.0632 e. The fourth-order valence-corrected chi connectivity index (χ4v) is 8.32. The summed E-state index contributed by atoms with van der Waals surface area (Å²) in [5.41, 5.74) is 1.80. The first-order valence-electron chi connectivity index (χ1n) is 12.5. The van der Waals surface area contributed by atoms with E-state index in [0.717, 1.165) is 47.6 Å². The van der Waals surface area contributed by atoms with Crippen molar-refractivity contribution in [3.05, 3.63) is 0 Å². The Kier molecular flexibility index (Phi) is 6.87. The summed E-state index contributed by atoms with van der Waals surface area (Å²) in [6.45, 7) is 14.7. The van der Waals surface area contributed by atoms with Gasteiger partial charge in [-0.3, -0.25) is 0 Å². The molecular formula is C26H47NO. The Morgan fingerprint density at radius 3 is 2.43 bits per heavy atom. The average molecular weight is 390 g/mol. The quantitative estimate of drug-likeness (QED) is 0.348. The lowest BCUT2D eigenvalue weighted by Gasteiger charge is -2.57. The van der Waals surface area contributed by atoms with Crippen molar-refractivity contribution in [1.29, 1.82) is 0 Å². The molecule has 0 aromatic heterocycles. The van der Waals surface area contributed by atoms with Crippen molar-refractivity contribution in [3.63, 3.8) is 0 Å². The minimum absolute atomic E-state index is 0.134. The molecule has 0 aliphatic heterocycles. The van der Waals surface area contributed by atoms with E-state index in [9.17, 15) is 5.21 Å². The molecule has 1 N–H and O–H groups in total. The molecule has 28 heavy (non-hydrogen) atoms. The molecule has 162 valence electrons. The normalized spacial score (nSPS) is 43.2. The summed E-state index contributed by atoms with van der Waals surface area (Å²) in [6, 6.07) is 0. The molecular weight excluding hydrogens is 342 g/mol. The zero-order valence-corrected chi connectivity index (χ0v) is 19.6. The van der Waals surface area contributed by atoms with E-state index in [4.69, 9.17) is 0 Å². The highest BCUT2D eigenvalue weighted by Gasteiger charge is 2.59. The van der Waals surface area contributed by atoms with Gasteiger partial charge in [0.1, 0.15) is 0 Å². The molecule has 3 aliphatic rings. The first-order chi connectivity index (χ1) is 13.3. The third-order valence-electron chi connectivity index (χ3n) is 9.72. The molecule has 0 radical (unpaired) electrons. The van der Waals surface area contributed by atoms with Crippen molar-refractivity contribution in [2.75, 3.05) is 0 Å². The lowest BCUT2D eigenvalue weighted by molar-refractivity contribution is -0.0449. The molecule has 3 fully saturated rings. The Bertz CT molecular complexity index is 555. The Morgan fingerprint density at radius 2 is 1.79 bits per heavy atom. The van der Waals surface area contributed by atoms with Crippen molar-refractivity contribution in [3.8, 4) is 0 Å². The molecule has 0 heterocycles. The van der Waals surface area contributed by atoms with Gasteiger partial charge in [0.2, 0.25) is 0 Å². The highest BCUT2D eigenvalue weighted by molar-refractivity contribution is 5.90. The van der Waals surface area contributed by atoms with Crippen LogP contribution in [0.15, 0.2) is 5.16 Å². The minimum Gasteiger partial charge on any atom is -0.411 e. The number of hydrogen-bond acceptors (Lipinski definition) is 2.